The lowest BCUT2D eigenvalue weighted by atomic mass is 9.79. The van der Waals surface area contributed by atoms with Crippen molar-refractivity contribution < 1.29 is 48.0 Å². The molecular formula is C28H51N3O10. The molecule has 13 nitrogen and oxygen atoms in total. The molecule has 2 amide bonds. The van der Waals surface area contributed by atoms with Gasteiger partial charge in [-0.25, -0.2) is 19.2 Å². The third-order valence-electron chi connectivity index (χ3n) is 4.90. The molecule has 0 heterocycles. The van der Waals surface area contributed by atoms with Crippen molar-refractivity contribution in [2.45, 2.75) is 124 Å². The summed E-state index contributed by atoms with van der Waals surface area (Å²) in [6.45, 7) is 18.8. The highest BCUT2D eigenvalue weighted by molar-refractivity contribution is 6.14. The van der Waals surface area contributed by atoms with Crippen LogP contribution in [0, 0.1) is 5.92 Å². The van der Waals surface area contributed by atoms with Crippen molar-refractivity contribution in [3.8, 4) is 0 Å². The van der Waals surface area contributed by atoms with Crippen molar-refractivity contribution in [2.24, 2.45) is 11.7 Å². The van der Waals surface area contributed by atoms with Gasteiger partial charge in [-0.2, -0.15) is 4.90 Å². The Morgan fingerprint density at radius 2 is 1.12 bits per heavy atom. The summed E-state index contributed by atoms with van der Waals surface area (Å²) in [5.74, 6) is -6.01. The zero-order valence-electron chi connectivity index (χ0n) is 26.8. The lowest BCUT2D eigenvalue weighted by Crippen LogP contribution is -2.71. The Balaban J connectivity index is 7.76. The first-order chi connectivity index (χ1) is 18.3. The number of ether oxygens (including phenoxy) is 4. The largest absolute Gasteiger partial charge is 0.464 e. The number of rotatable bonds is 11. The molecule has 0 spiro atoms. The zero-order valence-corrected chi connectivity index (χ0v) is 26.8. The van der Waals surface area contributed by atoms with Crippen LogP contribution in [0.4, 0.5) is 9.59 Å². The van der Waals surface area contributed by atoms with Crippen LogP contribution in [-0.4, -0.2) is 87.7 Å². The van der Waals surface area contributed by atoms with Gasteiger partial charge in [0.2, 0.25) is 0 Å². The maximum atomic E-state index is 14.2. The lowest BCUT2D eigenvalue weighted by Gasteiger charge is -2.43. The van der Waals surface area contributed by atoms with Gasteiger partial charge < -0.3 is 35.1 Å². The lowest BCUT2D eigenvalue weighted by molar-refractivity contribution is -0.198. The maximum absolute atomic E-state index is 14.2. The molecule has 0 aliphatic rings. The summed E-state index contributed by atoms with van der Waals surface area (Å²) in [5.41, 5.74) is -2.55. The van der Waals surface area contributed by atoms with Gasteiger partial charge >= 0.3 is 30.1 Å². The topological polar surface area (TPSA) is 184 Å². The molecular weight excluding hydrogens is 538 g/mol. The third-order valence-corrected chi connectivity index (χ3v) is 4.90. The average molecular weight is 590 g/mol. The standard InChI is InChI=1S/C28H51N3O10/c1-24(2,3)38-19(32)18(14-17-30-16-13-15-29)28(20(33)39-25(4,5)6,21(34)40-26(7,8)9)31(22(35)36)23(37)41-27(10,11)12/h18,30H,13-17,29H2,1-12H3,(H,35,36). The first-order valence-electron chi connectivity index (χ1n) is 13.6. The number of esters is 3. The molecule has 0 aliphatic heterocycles. The smallest absolute Gasteiger partial charge is 0.421 e. The molecule has 13 heteroatoms. The highest BCUT2D eigenvalue weighted by atomic mass is 16.6. The van der Waals surface area contributed by atoms with Crippen LogP contribution in [0.15, 0.2) is 0 Å². The van der Waals surface area contributed by atoms with Crippen molar-refractivity contribution >= 4 is 30.1 Å². The predicted octanol–water partition coefficient (Wildman–Crippen LogP) is 3.61. The van der Waals surface area contributed by atoms with E-state index in [1.807, 2.05) is 0 Å². The van der Waals surface area contributed by atoms with Gasteiger partial charge in [0.15, 0.2) is 0 Å². The Morgan fingerprint density at radius 3 is 1.46 bits per heavy atom. The molecule has 0 aliphatic carbocycles. The van der Waals surface area contributed by atoms with Crippen LogP contribution in [0.1, 0.15) is 95.9 Å². The Hall–Kier alpha value is -2.93. The van der Waals surface area contributed by atoms with Gasteiger partial charge in [0.25, 0.3) is 5.54 Å². The fourth-order valence-electron chi connectivity index (χ4n) is 3.57. The summed E-state index contributed by atoms with van der Waals surface area (Å²) in [4.78, 5) is 68.5. The molecule has 0 saturated carbocycles. The van der Waals surface area contributed by atoms with E-state index in [0.29, 0.717) is 19.5 Å². The predicted molar refractivity (Wildman–Crippen MR) is 151 cm³/mol. The number of carbonyl (C=O) groups excluding carboxylic acids is 4. The number of imide groups is 1. The Labute approximate surface area is 243 Å². The van der Waals surface area contributed by atoms with Crippen molar-refractivity contribution in [3.05, 3.63) is 0 Å². The van der Waals surface area contributed by atoms with Gasteiger partial charge in [-0.15, -0.1) is 0 Å². The van der Waals surface area contributed by atoms with E-state index in [1.165, 1.54) is 62.3 Å². The molecule has 0 aromatic rings. The van der Waals surface area contributed by atoms with Crippen molar-refractivity contribution in [1.82, 2.24) is 10.2 Å². The molecule has 1 atom stereocenters. The molecule has 0 saturated heterocycles. The van der Waals surface area contributed by atoms with Gasteiger partial charge in [-0.1, -0.05) is 0 Å². The minimum atomic E-state index is -3.19. The van der Waals surface area contributed by atoms with E-state index in [-0.39, 0.29) is 17.9 Å². The molecule has 238 valence electrons. The van der Waals surface area contributed by atoms with Crippen molar-refractivity contribution in [3.63, 3.8) is 0 Å². The Kier molecular flexibility index (Phi) is 13.3. The molecule has 0 bridgehead atoms. The first kappa shape index (κ1) is 38.1. The van der Waals surface area contributed by atoms with Crippen LogP contribution in [0.5, 0.6) is 0 Å². The van der Waals surface area contributed by atoms with Crippen LogP contribution in [-0.2, 0) is 33.3 Å². The van der Waals surface area contributed by atoms with Crippen LogP contribution < -0.4 is 11.1 Å². The number of carbonyl (C=O) groups is 5. The van der Waals surface area contributed by atoms with Crippen LogP contribution in [0.2, 0.25) is 0 Å². The summed E-state index contributed by atoms with van der Waals surface area (Å²) >= 11 is 0. The number of hydrogen-bond donors (Lipinski definition) is 3. The number of hydrogen-bond acceptors (Lipinski definition) is 11. The van der Waals surface area contributed by atoms with Gasteiger partial charge in [0, 0.05) is 0 Å². The summed E-state index contributed by atoms with van der Waals surface area (Å²) < 4.78 is 22.0. The molecule has 0 fully saturated rings. The van der Waals surface area contributed by atoms with Gasteiger partial charge in [0.05, 0.1) is 0 Å². The highest BCUT2D eigenvalue weighted by Crippen LogP contribution is 2.37. The zero-order chi connectivity index (χ0) is 32.6. The van der Waals surface area contributed by atoms with E-state index in [1.54, 1.807) is 20.8 Å². The van der Waals surface area contributed by atoms with E-state index < -0.39 is 64.0 Å². The van der Waals surface area contributed by atoms with Crippen LogP contribution >= 0.6 is 0 Å². The van der Waals surface area contributed by atoms with E-state index >= 15 is 0 Å². The van der Waals surface area contributed by atoms with E-state index in [9.17, 15) is 29.1 Å². The van der Waals surface area contributed by atoms with Gasteiger partial charge in [-0.3, -0.25) is 4.79 Å². The van der Waals surface area contributed by atoms with Gasteiger partial charge in [0.1, 0.15) is 28.3 Å². The fourth-order valence-corrected chi connectivity index (χ4v) is 3.57. The van der Waals surface area contributed by atoms with Crippen molar-refractivity contribution in [1.29, 1.82) is 0 Å². The minimum absolute atomic E-state index is 0.0129. The molecule has 0 radical (unpaired) electrons. The minimum Gasteiger partial charge on any atom is -0.464 e. The highest BCUT2D eigenvalue weighted by Gasteiger charge is 2.68. The quantitative estimate of drug-likeness (QED) is 0.138. The second-order valence-electron chi connectivity index (χ2n) is 13.6. The molecule has 1 unspecified atom stereocenters. The normalized spacial score (nSPS) is 13.6. The van der Waals surface area contributed by atoms with E-state index in [2.05, 4.69) is 5.32 Å². The van der Waals surface area contributed by atoms with Crippen molar-refractivity contribution in [2.75, 3.05) is 19.6 Å². The number of carboxylic acid groups (broad SMARTS) is 1. The van der Waals surface area contributed by atoms with E-state index in [0.717, 1.165) is 0 Å². The SMILES string of the molecule is CC(C)(C)OC(=O)C(CCNCCCN)C(C(=O)OC(C)(C)C)(C(=O)OC(C)(C)C)N(C(=O)O)C(=O)OC(C)(C)C. The molecule has 41 heavy (non-hydrogen) atoms. The summed E-state index contributed by atoms with van der Waals surface area (Å²) in [6.07, 6.45) is -3.36. The molecule has 4 N–H and O–H groups in total. The third kappa shape index (κ3) is 12.6. The second kappa shape index (κ2) is 14.3. The molecule has 0 aromatic heterocycles. The Bertz CT molecular complexity index is 909. The average Bonchev–Trinajstić information content (AvgIpc) is 2.69. The number of nitrogens with zero attached hydrogens (tertiary/aromatic N) is 1. The monoisotopic (exact) mass is 589 g/mol. The fraction of sp³-hybridized carbons (Fsp3) is 0.821. The summed E-state index contributed by atoms with van der Waals surface area (Å²) in [6, 6.07) is 0. The summed E-state index contributed by atoms with van der Waals surface area (Å²) in [5, 5.41) is 13.4. The van der Waals surface area contributed by atoms with Gasteiger partial charge in [-0.05, 0) is 116 Å². The van der Waals surface area contributed by atoms with Crippen LogP contribution in [0.3, 0.4) is 0 Å². The number of amides is 2. The van der Waals surface area contributed by atoms with E-state index in [4.69, 9.17) is 24.7 Å². The number of nitrogens with two attached hydrogens (primary N) is 1. The van der Waals surface area contributed by atoms with Crippen LogP contribution in [0.25, 0.3) is 0 Å². The Morgan fingerprint density at radius 1 is 0.707 bits per heavy atom. The summed E-state index contributed by atoms with van der Waals surface area (Å²) in [7, 11) is 0. The first-order valence-corrected chi connectivity index (χ1v) is 13.6. The maximum Gasteiger partial charge on any atom is 0.421 e. The molecule has 0 aromatic carbocycles. The molecule has 0 rings (SSSR count). The second-order valence-corrected chi connectivity index (χ2v) is 13.6. The number of nitrogens with one attached hydrogen (secondary N) is 1.